The molecule has 1 aliphatic carbocycles. The molecule has 3 aromatic rings. The minimum absolute atomic E-state index is 0.0893. The molecule has 40 heavy (non-hydrogen) atoms. The third-order valence-corrected chi connectivity index (χ3v) is 9.10. The number of aromatic nitrogens is 3. The first-order valence-electron chi connectivity index (χ1n) is 14.7. The summed E-state index contributed by atoms with van der Waals surface area (Å²) >= 11 is 0. The highest BCUT2D eigenvalue weighted by atomic mass is 16.2. The predicted octanol–water partition coefficient (Wildman–Crippen LogP) is 2.95. The van der Waals surface area contributed by atoms with Gasteiger partial charge in [-0.1, -0.05) is 13.8 Å². The highest BCUT2D eigenvalue weighted by molar-refractivity contribution is 6.00. The van der Waals surface area contributed by atoms with Gasteiger partial charge in [-0.3, -0.25) is 24.3 Å². The smallest absolute Gasteiger partial charge is 0.327 e. The number of benzene rings is 1. The summed E-state index contributed by atoms with van der Waals surface area (Å²) < 4.78 is 3.35. The number of pyridine rings is 1. The Balaban J connectivity index is 0.00000142. The fourth-order valence-electron chi connectivity index (χ4n) is 6.74. The number of amides is 2. The molecular formula is C30H38N6O4. The summed E-state index contributed by atoms with van der Waals surface area (Å²) in [7, 11) is 0. The Bertz CT molecular complexity index is 1560. The highest BCUT2D eigenvalue weighted by Crippen LogP contribution is 2.47. The van der Waals surface area contributed by atoms with E-state index in [1.54, 1.807) is 0 Å². The van der Waals surface area contributed by atoms with Gasteiger partial charge in [0.15, 0.2) is 0 Å². The van der Waals surface area contributed by atoms with Gasteiger partial charge in [0, 0.05) is 55.6 Å². The number of aromatic amines is 1. The molecule has 212 valence electrons. The second kappa shape index (κ2) is 10.4. The predicted molar refractivity (Wildman–Crippen MR) is 154 cm³/mol. The van der Waals surface area contributed by atoms with E-state index >= 15 is 0 Å². The molecule has 4 fully saturated rings. The fraction of sp³-hybridized carbons (Fsp3) is 0.533. The molecule has 4 aliphatic rings. The molecule has 2 aromatic heterocycles. The van der Waals surface area contributed by atoms with Crippen LogP contribution in [-0.2, 0) is 9.59 Å². The quantitative estimate of drug-likeness (QED) is 0.433. The van der Waals surface area contributed by atoms with E-state index in [1.807, 2.05) is 48.9 Å². The van der Waals surface area contributed by atoms with Crippen LogP contribution in [0.1, 0.15) is 82.4 Å². The molecule has 7 rings (SSSR count). The van der Waals surface area contributed by atoms with Crippen LogP contribution in [0.3, 0.4) is 0 Å². The molecule has 3 N–H and O–H groups in total. The Kier molecular flexibility index (Phi) is 6.90. The lowest BCUT2D eigenvalue weighted by atomic mass is 9.96. The van der Waals surface area contributed by atoms with Gasteiger partial charge in [-0.15, -0.1) is 0 Å². The number of carbonyl (C=O) groups is 2. The average Bonchev–Trinajstić information content (AvgIpc) is 3.46. The first-order chi connectivity index (χ1) is 19.4. The number of hydrogen-bond acceptors (Lipinski definition) is 6. The minimum Gasteiger partial charge on any atom is -0.371 e. The summed E-state index contributed by atoms with van der Waals surface area (Å²) in [5.74, 6) is -0.307. The van der Waals surface area contributed by atoms with Crippen molar-refractivity contribution in [2.75, 3.05) is 24.5 Å². The summed E-state index contributed by atoms with van der Waals surface area (Å²) in [5.41, 5.74) is 3.57. The molecule has 10 nitrogen and oxygen atoms in total. The molecule has 0 bridgehead atoms. The number of imide groups is 1. The number of nitrogens with zero attached hydrogens (tertiary/aromatic N) is 3. The third-order valence-electron chi connectivity index (χ3n) is 9.10. The van der Waals surface area contributed by atoms with Crippen LogP contribution in [-0.4, -0.2) is 51.1 Å². The molecular weight excluding hydrogens is 508 g/mol. The van der Waals surface area contributed by atoms with Crippen molar-refractivity contribution in [1.29, 1.82) is 0 Å². The summed E-state index contributed by atoms with van der Waals surface area (Å²) in [6.45, 7) is 6.57. The first kappa shape index (κ1) is 26.6. The van der Waals surface area contributed by atoms with Gasteiger partial charge in [-0.25, -0.2) is 4.79 Å². The maximum absolute atomic E-state index is 13.0. The fourth-order valence-corrected chi connectivity index (χ4v) is 6.74. The van der Waals surface area contributed by atoms with Crippen molar-refractivity contribution in [3.8, 4) is 0 Å². The van der Waals surface area contributed by atoms with Gasteiger partial charge >= 0.3 is 5.69 Å². The van der Waals surface area contributed by atoms with Gasteiger partial charge in [0.1, 0.15) is 6.04 Å². The van der Waals surface area contributed by atoms with Crippen molar-refractivity contribution in [2.45, 2.75) is 82.3 Å². The van der Waals surface area contributed by atoms with E-state index in [0.29, 0.717) is 28.9 Å². The van der Waals surface area contributed by atoms with Gasteiger partial charge in [0.2, 0.25) is 11.8 Å². The summed E-state index contributed by atoms with van der Waals surface area (Å²) in [5, 5.41) is 5.97. The van der Waals surface area contributed by atoms with Crippen LogP contribution < -0.4 is 26.8 Å². The zero-order valence-corrected chi connectivity index (χ0v) is 23.2. The second-order valence-corrected chi connectivity index (χ2v) is 11.5. The van der Waals surface area contributed by atoms with E-state index in [9.17, 15) is 19.2 Å². The van der Waals surface area contributed by atoms with E-state index in [4.69, 9.17) is 0 Å². The molecule has 1 aromatic carbocycles. The van der Waals surface area contributed by atoms with Crippen LogP contribution in [0.25, 0.3) is 11.0 Å². The average molecular weight is 547 g/mol. The SMILES string of the molecule is CC.O=C1CCC(n2c(=O)[nH]c3cc(N4CCC(n5ccc(C6CNC7(CC7)C6)cc5=O)CC4)ccc32)C(=O)N1. The standard InChI is InChI=1S/C28H32N6O4.C2H6/c35-24-4-3-23(26(37)31-24)34-22-2-1-20(14-21(22)30-27(34)38)32-10-6-19(7-11-32)33-12-5-17(13-25(33)36)18-15-28(8-9-28)29-16-18;1-2/h1-2,5,12-14,18-19,23,29H,3-4,6-11,15-16H2,(H,30,38)(H,31,35,37);1-2H3. The molecule has 1 spiro atoms. The Morgan fingerprint density at radius 1 is 0.950 bits per heavy atom. The van der Waals surface area contributed by atoms with Crippen molar-refractivity contribution in [1.82, 2.24) is 24.8 Å². The second-order valence-electron chi connectivity index (χ2n) is 11.5. The maximum atomic E-state index is 13.0. The molecule has 2 atom stereocenters. The van der Waals surface area contributed by atoms with E-state index < -0.39 is 11.9 Å². The Morgan fingerprint density at radius 2 is 1.73 bits per heavy atom. The number of imidazole rings is 1. The van der Waals surface area contributed by atoms with Crippen LogP contribution in [0.4, 0.5) is 5.69 Å². The monoisotopic (exact) mass is 546 g/mol. The zero-order valence-electron chi connectivity index (χ0n) is 23.2. The van der Waals surface area contributed by atoms with Gasteiger partial charge in [-0.2, -0.15) is 0 Å². The number of fused-ring (bicyclic) bond motifs is 1. The van der Waals surface area contributed by atoms with Crippen molar-refractivity contribution < 1.29 is 9.59 Å². The van der Waals surface area contributed by atoms with Gasteiger partial charge in [0.25, 0.3) is 5.56 Å². The van der Waals surface area contributed by atoms with Crippen molar-refractivity contribution in [3.05, 3.63) is 62.9 Å². The number of nitrogens with one attached hydrogen (secondary N) is 3. The zero-order chi connectivity index (χ0) is 28.0. The number of carbonyl (C=O) groups excluding carboxylic acids is 2. The number of rotatable bonds is 4. The Hall–Kier alpha value is -3.66. The number of piperidine rings is 2. The van der Waals surface area contributed by atoms with Gasteiger partial charge in [0.05, 0.1) is 11.0 Å². The molecule has 3 saturated heterocycles. The number of hydrogen-bond donors (Lipinski definition) is 3. The Labute approximate surface area is 232 Å². The maximum Gasteiger partial charge on any atom is 0.327 e. The normalized spacial score (nSPS) is 24.2. The van der Waals surface area contributed by atoms with E-state index in [1.165, 1.54) is 17.4 Å². The van der Waals surface area contributed by atoms with Crippen LogP contribution in [0.15, 0.2) is 46.1 Å². The topological polar surface area (TPSA) is 121 Å². The summed E-state index contributed by atoms with van der Waals surface area (Å²) in [6, 6.07) is 9.24. The van der Waals surface area contributed by atoms with Crippen LogP contribution in [0.2, 0.25) is 0 Å². The van der Waals surface area contributed by atoms with Crippen LogP contribution in [0.5, 0.6) is 0 Å². The number of anilines is 1. The third kappa shape index (κ3) is 4.78. The highest BCUT2D eigenvalue weighted by Gasteiger charge is 2.48. The van der Waals surface area contributed by atoms with Crippen molar-refractivity contribution in [2.24, 2.45) is 0 Å². The van der Waals surface area contributed by atoms with Crippen molar-refractivity contribution in [3.63, 3.8) is 0 Å². The van der Waals surface area contributed by atoms with Crippen molar-refractivity contribution >= 4 is 28.5 Å². The van der Waals surface area contributed by atoms with E-state index in [0.717, 1.165) is 50.1 Å². The number of H-pyrrole nitrogens is 1. The minimum atomic E-state index is -0.694. The largest absolute Gasteiger partial charge is 0.371 e. The van der Waals surface area contributed by atoms with Gasteiger partial charge in [-0.05, 0) is 74.3 Å². The summed E-state index contributed by atoms with van der Waals surface area (Å²) in [4.78, 5) is 54.8. The lowest BCUT2D eigenvalue weighted by Crippen LogP contribution is -2.43. The first-order valence-corrected chi connectivity index (χ1v) is 14.7. The van der Waals surface area contributed by atoms with E-state index in [2.05, 4.69) is 26.6 Å². The molecule has 3 aliphatic heterocycles. The van der Waals surface area contributed by atoms with Gasteiger partial charge < -0.3 is 19.8 Å². The Morgan fingerprint density at radius 3 is 2.40 bits per heavy atom. The lowest BCUT2D eigenvalue weighted by molar-refractivity contribution is -0.135. The molecule has 10 heteroatoms. The van der Waals surface area contributed by atoms with Crippen LogP contribution >= 0.6 is 0 Å². The lowest BCUT2D eigenvalue weighted by Gasteiger charge is -2.34. The molecule has 2 amide bonds. The van der Waals surface area contributed by atoms with E-state index in [-0.39, 0.29) is 29.6 Å². The molecule has 2 unspecified atom stereocenters. The molecule has 5 heterocycles. The molecule has 1 saturated carbocycles. The molecule has 0 radical (unpaired) electrons. The summed E-state index contributed by atoms with van der Waals surface area (Å²) in [6.07, 6.45) is 7.89. The van der Waals surface area contributed by atoms with Crippen LogP contribution in [0, 0.1) is 0 Å².